The van der Waals surface area contributed by atoms with Gasteiger partial charge in [0, 0.05) is 36.9 Å². The van der Waals surface area contributed by atoms with Crippen LogP contribution in [0.15, 0.2) is 53.2 Å². The number of ether oxygens (including phenoxy) is 2. The van der Waals surface area contributed by atoms with Gasteiger partial charge >= 0.3 is 12.1 Å². The highest BCUT2D eigenvalue weighted by molar-refractivity contribution is 5.55. The molecule has 0 radical (unpaired) electrons. The van der Waals surface area contributed by atoms with Crippen LogP contribution in [0.2, 0.25) is 0 Å². The molecule has 0 spiro atoms. The average molecular weight is 573 g/mol. The maximum Gasteiger partial charge on any atom is 0.471 e. The predicted octanol–water partition coefficient (Wildman–Crippen LogP) is 6.76. The van der Waals surface area contributed by atoms with Crippen molar-refractivity contribution in [2.75, 3.05) is 13.1 Å². The number of fused-ring (bicyclic) bond motifs is 1. The molecule has 1 atom stereocenters. The van der Waals surface area contributed by atoms with Crippen molar-refractivity contribution in [3.63, 3.8) is 0 Å². The molecule has 2 aromatic carbocycles. The van der Waals surface area contributed by atoms with Crippen LogP contribution in [-0.4, -0.2) is 33.1 Å². The third-order valence-electron chi connectivity index (χ3n) is 7.55. The molecule has 0 bridgehead atoms. The molecule has 4 heterocycles. The van der Waals surface area contributed by atoms with Crippen LogP contribution >= 0.6 is 0 Å². The standard InChI is InChI=1S/C29H25F5N4O3/c1-16-12-18(26-36-27(41-37-26)29(32,33)34)14-35-23(16)15-38-10-8-17(9-11-38)20-4-3-5-24-25(20)40-28(2,39-24)21-7-6-19(30)13-22(21)31/h3-7,12-14,17H,8-11,15H2,1-2H3. The first-order valence-corrected chi connectivity index (χ1v) is 13.1. The van der Waals surface area contributed by atoms with Crippen LogP contribution in [0.4, 0.5) is 22.0 Å². The van der Waals surface area contributed by atoms with Crippen LogP contribution in [0.5, 0.6) is 11.5 Å². The van der Waals surface area contributed by atoms with E-state index in [2.05, 4.69) is 24.5 Å². The molecule has 1 unspecified atom stereocenters. The monoisotopic (exact) mass is 572 g/mol. The van der Waals surface area contributed by atoms with Crippen LogP contribution in [0.25, 0.3) is 11.4 Å². The fourth-order valence-electron chi connectivity index (χ4n) is 5.40. The summed E-state index contributed by atoms with van der Waals surface area (Å²) in [6.45, 7) is 5.59. The van der Waals surface area contributed by atoms with Crippen molar-refractivity contribution in [3.05, 3.63) is 88.6 Å². The van der Waals surface area contributed by atoms with Crippen molar-refractivity contribution in [2.45, 2.75) is 51.1 Å². The molecule has 7 nitrogen and oxygen atoms in total. The first kappa shape index (κ1) is 27.1. The minimum absolute atomic E-state index is 0.116. The molecule has 1 fully saturated rings. The largest absolute Gasteiger partial charge is 0.471 e. The van der Waals surface area contributed by atoms with Gasteiger partial charge in [-0.1, -0.05) is 17.3 Å². The Morgan fingerprint density at radius 3 is 2.51 bits per heavy atom. The third kappa shape index (κ3) is 5.23. The van der Waals surface area contributed by atoms with Crippen LogP contribution in [-0.2, 0) is 18.5 Å². The Morgan fingerprint density at radius 1 is 1.05 bits per heavy atom. The molecule has 4 aromatic rings. The molecule has 6 rings (SSSR count). The maximum absolute atomic E-state index is 14.6. The van der Waals surface area contributed by atoms with Gasteiger partial charge in [-0.15, -0.1) is 0 Å². The summed E-state index contributed by atoms with van der Waals surface area (Å²) >= 11 is 0. The van der Waals surface area contributed by atoms with E-state index in [1.807, 2.05) is 19.1 Å². The summed E-state index contributed by atoms with van der Waals surface area (Å²) in [5, 5.41) is 3.43. The average Bonchev–Trinajstić information content (AvgIpc) is 3.55. The van der Waals surface area contributed by atoms with Crippen LogP contribution in [0.3, 0.4) is 0 Å². The number of rotatable bonds is 5. The first-order valence-electron chi connectivity index (χ1n) is 13.1. The smallest absolute Gasteiger partial charge is 0.444 e. The molecule has 2 aliphatic rings. The number of aryl methyl sites for hydroxylation is 1. The lowest BCUT2D eigenvalue weighted by Gasteiger charge is -2.32. The van der Waals surface area contributed by atoms with Crippen LogP contribution in [0.1, 0.15) is 54.0 Å². The summed E-state index contributed by atoms with van der Waals surface area (Å²) in [6, 6.07) is 10.7. The second kappa shape index (κ2) is 10.1. The van der Waals surface area contributed by atoms with E-state index >= 15 is 0 Å². The molecule has 0 amide bonds. The van der Waals surface area contributed by atoms with E-state index in [1.54, 1.807) is 19.1 Å². The highest BCUT2D eigenvalue weighted by atomic mass is 19.4. The molecular weight excluding hydrogens is 547 g/mol. The predicted molar refractivity (Wildman–Crippen MR) is 136 cm³/mol. The van der Waals surface area contributed by atoms with Gasteiger partial charge in [0.05, 0.1) is 11.3 Å². The van der Waals surface area contributed by atoms with E-state index < -0.39 is 29.5 Å². The van der Waals surface area contributed by atoms with Gasteiger partial charge in [0.15, 0.2) is 11.5 Å². The molecule has 2 aromatic heterocycles. The summed E-state index contributed by atoms with van der Waals surface area (Å²) in [7, 11) is 0. The molecule has 1 saturated heterocycles. The molecule has 41 heavy (non-hydrogen) atoms. The van der Waals surface area contributed by atoms with Crippen molar-refractivity contribution in [1.29, 1.82) is 0 Å². The SMILES string of the molecule is Cc1cc(-c2noc(C(F)(F)F)n2)cnc1CN1CCC(c2cccc3c2OC(C)(c2ccc(F)cc2F)O3)CC1. The van der Waals surface area contributed by atoms with E-state index in [1.165, 1.54) is 18.3 Å². The van der Waals surface area contributed by atoms with Crippen molar-refractivity contribution in [3.8, 4) is 22.9 Å². The van der Waals surface area contributed by atoms with Gasteiger partial charge in [-0.25, -0.2) is 8.78 Å². The van der Waals surface area contributed by atoms with Crippen molar-refractivity contribution in [2.24, 2.45) is 0 Å². The quantitative estimate of drug-likeness (QED) is 0.245. The summed E-state index contributed by atoms with van der Waals surface area (Å²) in [5.41, 5.74) is 3.05. The molecule has 0 aliphatic carbocycles. The summed E-state index contributed by atoms with van der Waals surface area (Å²) in [6.07, 6.45) is -1.59. The van der Waals surface area contributed by atoms with E-state index in [-0.39, 0.29) is 17.3 Å². The van der Waals surface area contributed by atoms with Gasteiger partial charge in [-0.3, -0.25) is 9.88 Å². The first-order chi connectivity index (χ1) is 19.5. The number of halogens is 5. The topological polar surface area (TPSA) is 73.5 Å². The van der Waals surface area contributed by atoms with Gasteiger partial charge in [0.25, 0.3) is 5.79 Å². The van der Waals surface area contributed by atoms with Gasteiger partial charge in [0.2, 0.25) is 5.82 Å². The van der Waals surface area contributed by atoms with E-state index in [9.17, 15) is 22.0 Å². The Morgan fingerprint density at radius 2 is 1.83 bits per heavy atom. The van der Waals surface area contributed by atoms with Crippen molar-refractivity contribution >= 4 is 0 Å². The van der Waals surface area contributed by atoms with Gasteiger partial charge in [-0.05, 0) is 68.6 Å². The lowest BCUT2D eigenvalue weighted by atomic mass is 9.88. The highest BCUT2D eigenvalue weighted by Crippen LogP contribution is 2.49. The Kier molecular flexibility index (Phi) is 6.68. The number of pyridine rings is 1. The van der Waals surface area contributed by atoms with Gasteiger partial charge in [-0.2, -0.15) is 18.2 Å². The Labute approximate surface area is 231 Å². The van der Waals surface area contributed by atoms with Crippen molar-refractivity contribution < 1.29 is 35.9 Å². The molecule has 214 valence electrons. The third-order valence-corrected chi connectivity index (χ3v) is 7.55. The zero-order chi connectivity index (χ0) is 28.9. The fourth-order valence-corrected chi connectivity index (χ4v) is 5.40. The van der Waals surface area contributed by atoms with Gasteiger partial charge in [0.1, 0.15) is 11.6 Å². The molecule has 12 heteroatoms. The minimum atomic E-state index is -4.71. The maximum atomic E-state index is 14.6. The molecule has 0 N–H and O–H groups in total. The number of hydrogen-bond donors (Lipinski definition) is 0. The minimum Gasteiger partial charge on any atom is -0.444 e. The van der Waals surface area contributed by atoms with Crippen molar-refractivity contribution in [1.82, 2.24) is 20.0 Å². The number of hydrogen-bond acceptors (Lipinski definition) is 7. The van der Waals surface area contributed by atoms with E-state index in [4.69, 9.17) is 9.47 Å². The lowest BCUT2D eigenvalue weighted by Crippen LogP contribution is -2.34. The van der Waals surface area contributed by atoms with E-state index in [0.29, 0.717) is 23.6 Å². The number of alkyl halides is 3. The van der Waals surface area contributed by atoms with Crippen LogP contribution in [0, 0.1) is 18.6 Å². The number of aromatic nitrogens is 3. The Balaban J connectivity index is 1.12. The zero-order valence-corrected chi connectivity index (χ0v) is 22.1. The second-order valence-corrected chi connectivity index (χ2v) is 10.4. The van der Waals surface area contributed by atoms with E-state index in [0.717, 1.165) is 48.8 Å². The second-order valence-electron chi connectivity index (χ2n) is 10.4. The number of likely N-dealkylation sites (tertiary alicyclic amines) is 1. The van der Waals surface area contributed by atoms with Gasteiger partial charge < -0.3 is 14.0 Å². The zero-order valence-electron chi connectivity index (χ0n) is 22.1. The lowest BCUT2D eigenvalue weighted by molar-refractivity contribution is -0.159. The normalized spacial score (nSPS) is 19.6. The summed E-state index contributed by atoms with van der Waals surface area (Å²) in [4.78, 5) is 10.2. The molecular formula is C29H25F5N4O3. The number of benzene rings is 2. The summed E-state index contributed by atoms with van der Waals surface area (Å²) < 4.78 is 83.0. The number of piperidine rings is 1. The summed E-state index contributed by atoms with van der Waals surface area (Å²) in [5.74, 6) is -3.13. The Bertz CT molecular complexity index is 1600. The molecule has 2 aliphatic heterocycles. The molecule has 0 saturated carbocycles. The fraction of sp³-hybridized carbons (Fsp3) is 0.345. The van der Waals surface area contributed by atoms with Crippen LogP contribution < -0.4 is 9.47 Å². The highest BCUT2D eigenvalue weighted by Gasteiger charge is 2.43. The number of nitrogens with zero attached hydrogens (tertiary/aromatic N) is 4. The number of para-hydroxylation sites is 1. The Hall–Kier alpha value is -4.06.